The van der Waals surface area contributed by atoms with Crippen molar-refractivity contribution >= 4 is 37.3 Å². The van der Waals surface area contributed by atoms with E-state index in [9.17, 15) is 21.6 Å². The standard InChI is InChI=1S/C25H27N3O6S2/c1-35(30,31)28(21-11-13-22(14-12-21)36(32,33)27-15-17-34-18-16-27)19-25(29)26-24-10-6-5-9-23(24)20-7-3-2-4-8-20/h2-14H,15-19H2,1H3,(H,26,29). The van der Waals surface area contributed by atoms with Gasteiger partial charge in [0.15, 0.2) is 0 Å². The smallest absolute Gasteiger partial charge is 0.245 e. The van der Waals surface area contributed by atoms with Gasteiger partial charge in [0, 0.05) is 24.3 Å². The molecule has 0 aromatic heterocycles. The number of ether oxygens (including phenoxy) is 1. The topological polar surface area (TPSA) is 113 Å². The van der Waals surface area contributed by atoms with Gasteiger partial charge in [0.25, 0.3) is 0 Å². The molecule has 1 saturated heterocycles. The Balaban J connectivity index is 1.54. The number of rotatable bonds is 8. The molecule has 0 radical (unpaired) electrons. The Labute approximate surface area is 211 Å². The van der Waals surface area contributed by atoms with Gasteiger partial charge < -0.3 is 10.1 Å². The number of nitrogens with one attached hydrogen (secondary N) is 1. The van der Waals surface area contributed by atoms with Gasteiger partial charge in [0.1, 0.15) is 6.54 Å². The predicted octanol–water partition coefficient (Wildman–Crippen LogP) is 2.78. The van der Waals surface area contributed by atoms with E-state index < -0.39 is 32.5 Å². The van der Waals surface area contributed by atoms with E-state index in [-0.39, 0.29) is 23.7 Å². The molecule has 1 heterocycles. The number of para-hydroxylation sites is 1. The summed E-state index contributed by atoms with van der Waals surface area (Å²) in [6.45, 7) is 0.676. The lowest BCUT2D eigenvalue weighted by molar-refractivity contribution is -0.114. The zero-order chi connectivity index (χ0) is 25.8. The highest BCUT2D eigenvalue weighted by molar-refractivity contribution is 7.92. The third kappa shape index (κ3) is 5.93. The van der Waals surface area contributed by atoms with Gasteiger partial charge >= 0.3 is 0 Å². The van der Waals surface area contributed by atoms with Gasteiger partial charge in [-0.05, 0) is 35.9 Å². The second-order valence-electron chi connectivity index (χ2n) is 8.24. The summed E-state index contributed by atoms with van der Waals surface area (Å²) in [7, 11) is -7.57. The van der Waals surface area contributed by atoms with Crippen molar-refractivity contribution in [2.24, 2.45) is 0 Å². The molecule has 1 aliphatic rings. The van der Waals surface area contributed by atoms with E-state index >= 15 is 0 Å². The maximum atomic E-state index is 12.9. The summed E-state index contributed by atoms with van der Waals surface area (Å²) in [4.78, 5) is 13.0. The lowest BCUT2D eigenvalue weighted by Crippen LogP contribution is -2.40. The number of morpholine rings is 1. The third-order valence-corrected chi connectivity index (χ3v) is 8.76. The van der Waals surface area contributed by atoms with Gasteiger partial charge in [-0.15, -0.1) is 0 Å². The number of nitrogens with zero attached hydrogens (tertiary/aromatic N) is 2. The summed E-state index contributed by atoms with van der Waals surface area (Å²) < 4.78 is 58.3. The van der Waals surface area contributed by atoms with Gasteiger partial charge in [0.2, 0.25) is 26.0 Å². The predicted molar refractivity (Wildman–Crippen MR) is 139 cm³/mol. The molecule has 11 heteroatoms. The second kappa shape index (κ2) is 10.8. The van der Waals surface area contributed by atoms with E-state index in [0.717, 1.165) is 21.7 Å². The van der Waals surface area contributed by atoms with Crippen LogP contribution in [0.15, 0.2) is 83.8 Å². The normalized spacial score (nSPS) is 14.8. The molecule has 1 fully saturated rings. The fraction of sp³-hybridized carbons (Fsp3) is 0.240. The Bertz CT molecular complexity index is 1420. The van der Waals surface area contributed by atoms with Crippen LogP contribution in [0.25, 0.3) is 11.1 Å². The van der Waals surface area contributed by atoms with Crippen molar-refractivity contribution in [1.29, 1.82) is 0 Å². The first-order valence-corrected chi connectivity index (χ1v) is 14.5. The molecule has 1 aliphatic heterocycles. The Morgan fingerprint density at radius 2 is 1.50 bits per heavy atom. The first-order chi connectivity index (χ1) is 17.2. The molecule has 0 atom stereocenters. The van der Waals surface area contributed by atoms with Crippen LogP contribution in [0.2, 0.25) is 0 Å². The minimum absolute atomic E-state index is 0.0443. The third-order valence-electron chi connectivity index (χ3n) is 5.71. The maximum Gasteiger partial charge on any atom is 0.245 e. The molecule has 9 nitrogen and oxygen atoms in total. The van der Waals surface area contributed by atoms with Crippen LogP contribution in [0.5, 0.6) is 0 Å². The number of amides is 1. The van der Waals surface area contributed by atoms with Crippen LogP contribution < -0.4 is 9.62 Å². The molecular formula is C25H27N3O6S2. The van der Waals surface area contributed by atoms with E-state index in [1.165, 1.54) is 28.6 Å². The average molecular weight is 530 g/mol. The van der Waals surface area contributed by atoms with Crippen molar-refractivity contribution in [3.8, 4) is 11.1 Å². The fourth-order valence-electron chi connectivity index (χ4n) is 3.90. The Morgan fingerprint density at radius 3 is 2.14 bits per heavy atom. The molecule has 0 aliphatic carbocycles. The molecule has 0 saturated carbocycles. The van der Waals surface area contributed by atoms with Crippen molar-refractivity contribution in [2.45, 2.75) is 4.90 Å². The van der Waals surface area contributed by atoms with Crippen LogP contribution in [0.3, 0.4) is 0 Å². The number of hydrogen-bond acceptors (Lipinski definition) is 6. The lowest BCUT2D eigenvalue weighted by Gasteiger charge is -2.26. The Hall–Kier alpha value is -3.25. The largest absolute Gasteiger partial charge is 0.379 e. The van der Waals surface area contributed by atoms with Crippen LogP contribution in [0, 0.1) is 0 Å². The zero-order valence-electron chi connectivity index (χ0n) is 19.7. The minimum atomic E-state index is -3.84. The molecule has 1 amide bonds. The summed E-state index contributed by atoms with van der Waals surface area (Å²) in [5.41, 5.74) is 2.44. The monoisotopic (exact) mass is 529 g/mol. The molecule has 4 rings (SSSR count). The zero-order valence-corrected chi connectivity index (χ0v) is 21.3. The first kappa shape index (κ1) is 25.8. The van der Waals surface area contributed by atoms with Gasteiger partial charge in [0.05, 0.1) is 30.1 Å². The fourth-order valence-corrected chi connectivity index (χ4v) is 6.17. The number of sulfonamides is 2. The van der Waals surface area contributed by atoms with Crippen molar-refractivity contribution in [1.82, 2.24) is 4.31 Å². The molecule has 0 bridgehead atoms. The van der Waals surface area contributed by atoms with Gasteiger partial charge in [-0.25, -0.2) is 16.8 Å². The van der Waals surface area contributed by atoms with Crippen LogP contribution in [0.4, 0.5) is 11.4 Å². The second-order valence-corrected chi connectivity index (χ2v) is 12.1. The SMILES string of the molecule is CS(=O)(=O)N(CC(=O)Nc1ccccc1-c1ccccc1)c1ccc(S(=O)(=O)N2CCOCC2)cc1. The number of hydrogen-bond donors (Lipinski definition) is 1. The summed E-state index contributed by atoms with van der Waals surface area (Å²) in [5, 5.41) is 2.80. The van der Waals surface area contributed by atoms with Gasteiger partial charge in [-0.2, -0.15) is 4.31 Å². The van der Waals surface area contributed by atoms with Crippen molar-refractivity contribution in [2.75, 3.05) is 48.7 Å². The van der Waals surface area contributed by atoms with E-state index in [4.69, 9.17) is 4.74 Å². The lowest BCUT2D eigenvalue weighted by atomic mass is 10.0. The van der Waals surface area contributed by atoms with E-state index in [1.54, 1.807) is 12.1 Å². The van der Waals surface area contributed by atoms with E-state index in [0.29, 0.717) is 18.9 Å². The average Bonchev–Trinajstić information content (AvgIpc) is 2.88. The number of anilines is 2. The molecular weight excluding hydrogens is 502 g/mol. The van der Waals surface area contributed by atoms with E-state index in [2.05, 4.69) is 5.32 Å². The highest BCUT2D eigenvalue weighted by Gasteiger charge is 2.27. The first-order valence-electron chi connectivity index (χ1n) is 11.3. The molecule has 0 unspecified atom stereocenters. The summed E-state index contributed by atoms with van der Waals surface area (Å²) in [6.07, 6.45) is 0.997. The van der Waals surface area contributed by atoms with Crippen molar-refractivity contribution in [3.63, 3.8) is 0 Å². The number of carbonyl (C=O) groups is 1. The maximum absolute atomic E-state index is 12.9. The van der Waals surface area contributed by atoms with Gasteiger partial charge in [-0.3, -0.25) is 9.10 Å². The summed E-state index contributed by atoms with van der Waals surface area (Å²) in [6, 6.07) is 22.2. The van der Waals surface area contributed by atoms with Crippen LogP contribution in [-0.2, 0) is 29.6 Å². The van der Waals surface area contributed by atoms with Crippen LogP contribution in [-0.4, -0.2) is 66.2 Å². The number of carbonyl (C=O) groups excluding carboxylic acids is 1. The molecule has 190 valence electrons. The number of benzene rings is 3. The minimum Gasteiger partial charge on any atom is -0.379 e. The van der Waals surface area contributed by atoms with Crippen molar-refractivity contribution < 1.29 is 26.4 Å². The highest BCUT2D eigenvalue weighted by Crippen LogP contribution is 2.28. The van der Waals surface area contributed by atoms with Crippen LogP contribution >= 0.6 is 0 Å². The van der Waals surface area contributed by atoms with Crippen molar-refractivity contribution in [3.05, 3.63) is 78.9 Å². The van der Waals surface area contributed by atoms with Gasteiger partial charge in [-0.1, -0.05) is 48.5 Å². The van der Waals surface area contributed by atoms with Crippen LogP contribution in [0.1, 0.15) is 0 Å². The molecule has 0 spiro atoms. The summed E-state index contributed by atoms with van der Waals surface area (Å²) >= 11 is 0. The molecule has 3 aromatic carbocycles. The Kier molecular flexibility index (Phi) is 7.74. The van der Waals surface area contributed by atoms with E-state index in [1.807, 2.05) is 42.5 Å². The molecule has 36 heavy (non-hydrogen) atoms. The molecule has 3 aromatic rings. The highest BCUT2D eigenvalue weighted by atomic mass is 32.2. The Morgan fingerprint density at radius 1 is 0.889 bits per heavy atom. The molecule has 1 N–H and O–H groups in total. The quantitative estimate of drug-likeness (QED) is 0.480. The summed E-state index contributed by atoms with van der Waals surface area (Å²) in [5.74, 6) is -0.533.